The molecule has 4 rings (SSSR count). The van der Waals surface area contributed by atoms with E-state index < -0.39 is 36.8 Å². The lowest BCUT2D eigenvalue weighted by Crippen LogP contribution is -2.55. The summed E-state index contributed by atoms with van der Waals surface area (Å²) < 4.78 is 17.1. The van der Waals surface area contributed by atoms with Crippen LogP contribution in [0.1, 0.15) is 17.2 Å². The number of phenols is 4. The Bertz CT molecular complexity index is 932. The van der Waals surface area contributed by atoms with E-state index >= 15 is 0 Å². The highest BCUT2D eigenvalue weighted by Crippen LogP contribution is 2.44. The molecule has 10 nitrogen and oxygen atoms in total. The number of rotatable bonds is 3. The molecule has 30 heavy (non-hydrogen) atoms. The first-order valence-electron chi connectivity index (χ1n) is 9.29. The second kappa shape index (κ2) is 7.82. The van der Waals surface area contributed by atoms with E-state index in [2.05, 4.69) is 0 Å². The molecule has 0 aliphatic carbocycles. The van der Waals surface area contributed by atoms with Crippen molar-refractivity contribution in [3.8, 4) is 28.7 Å². The molecule has 0 aromatic heterocycles. The van der Waals surface area contributed by atoms with Gasteiger partial charge in [0.15, 0.2) is 23.9 Å². The second-order valence-corrected chi connectivity index (χ2v) is 7.36. The molecule has 2 heterocycles. The van der Waals surface area contributed by atoms with Gasteiger partial charge in [0.1, 0.15) is 41.7 Å². The third-order valence-electron chi connectivity index (χ3n) is 5.26. The average molecular weight is 422 g/mol. The van der Waals surface area contributed by atoms with Crippen molar-refractivity contribution < 1.29 is 50.0 Å². The molecular formula is C20H22O10. The summed E-state index contributed by atoms with van der Waals surface area (Å²) in [6.07, 6.45) is -7.21. The molecule has 1 fully saturated rings. The first kappa shape index (κ1) is 20.5. The highest BCUT2D eigenvalue weighted by atomic mass is 16.7. The van der Waals surface area contributed by atoms with Gasteiger partial charge in [-0.25, -0.2) is 0 Å². The van der Waals surface area contributed by atoms with Crippen LogP contribution in [0.4, 0.5) is 0 Å². The largest absolute Gasteiger partial charge is 0.508 e. The quantitative estimate of drug-likeness (QED) is 0.334. The van der Waals surface area contributed by atoms with Crippen LogP contribution in [0.5, 0.6) is 28.7 Å². The topological polar surface area (TPSA) is 169 Å². The molecule has 6 atom stereocenters. The number of hydrogen-bond donors (Lipinski definition) is 7. The number of aliphatic hydroxyl groups excluding tert-OH is 3. The number of phenolic OH excluding ortho intramolecular Hbond substituents is 4. The van der Waals surface area contributed by atoms with E-state index in [9.17, 15) is 35.7 Å². The number of benzene rings is 2. The van der Waals surface area contributed by atoms with E-state index in [4.69, 9.17) is 14.2 Å². The van der Waals surface area contributed by atoms with Crippen LogP contribution < -0.4 is 4.74 Å². The molecule has 2 aliphatic heterocycles. The lowest BCUT2D eigenvalue weighted by atomic mass is 9.93. The molecule has 0 spiro atoms. The van der Waals surface area contributed by atoms with Crippen molar-refractivity contribution in [2.24, 2.45) is 0 Å². The van der Waals surface area contributed by atoms with Crippen molar-refractivity contribution in [2.75, 3.05) is 6.61 Å². The molecule has 10 heteroatoms. The molecule has 2 aromatic carbocycles. The Morgan fingerprint density at radius 3 is 2.37 bits per heavy atom. The zero-order chi connectivity index (χ0) is 21.6. The van der Waals surface area contributed by atoms with Crippen LogP contribution in [-0.4, -0.2) is 73.1 Å². The Kier molecular flexibility index (Phi) is 5.35. The van der Waals surface area contributed by atoms with E-state index in [1.165, 1.54) is 24.3 Å². The zero-order valence-electron chi connectivity index (χ0n) is 15.6. The van der Waals surface area contributed by atoms with Gasteiger partial charge < -0.3 is 50.0 Å². The predicted octanol–water partition coefficient (Wildman–Crippen LogP) is 0.00940. The monoisotopic (exact) mass is 422 g/mol. The number of hydrogen-bond acceptors (Lipinski definition) is 10. The lowest BCUT2D eigenvalue weighted by Gasteiger charge is -2.40. The van der Waals surface area contributed by atoms with Gasteiger partial charge in [-0.2, -0.15) is 0 Å². The van der Waals surface area contributed by atoms with Crippen molar-refractivity contribution in [3.63, 3.8) is 0 Å². The Morgan fingerprint density at radius 1 is 0.867 bits per heavy atom. The molecule has 0 saturated carbocycles. The van der Waals surface area contributed by atoms with Gasteiger partial charge in [-0.15, -0.1) is 0 Å². The van der Waals surface area contributed by atoms with E-state index in [0.717, 1.165) is 6.07 Å². The first-order valence-corrected chi connectivity index (χ1v) is 9.29. The fourth-order valence-electron chi connectivity index (χ4n) is 3.64. The summed E-state index contributed by atoms with van der Waals surface area (Å²) in [5.74, 6) is -0.935. The van der Waals surface area contributed by atoms with E-state index in [1.807, 2.05) is 0 Å². The normalized spacial score (nSPS) is 31.0. The molecule has 0 radical (unpaired) electrons. The van der Waals surface area contributed by atoms with Gasteiger partial charge in [0.25, 0.3) is 0 Å². The standard InChI is InChI=1S/C20H22O10/c21-9-4-12(23)10-6-16(30-20-18(27)17(26)14(25)7-28-20)19(29-15(10)5-9)8-1-2-11(22)13(24)3-8/h1-5,14,16-27H,6-7H2. The summed E-state index contributed by atoms with van der Waals surface area (Å²) in [7, 11) is 0. The fourth-order valence-corrected chi connectivity index (χ4v) is 3.64. The number of fused-ring (bicyclic) bond motifs is 1. The molecule has 162 valence electrons. The first-order chi connectivity index (χ1) is 14.2. The Labute approximate surface area is 170 Å². The minimum atomic E-state index is -1.53. The number of aromatic hydroxyl groups is 4. The summed E-state index contributed by atoms with van der Waals surface area (Å²) in [6, 6.07) is 6.52. The Hall–Kier alpha value is -2.76. The summed E-state index contributed by atoms with van der Waals surface area (Å²) in [4.78, 5) is 0. The Morgan fingerprint density at radius 2 is 1.63 bits per heavy atom. The maximum absolute atomic E-state index is 10.2. The van der Waals surface area contributed by atoms with Gasteiger partial charge in [0, 0.05) is 24.1 Å². The van der Waals surface area contributed by atoms with Crippen molar-refractivity contribution in [2.45, 2.75) is 43.2 Å². The van der Waals surface area contributed by atoms with Gasteiger partial charge in [-0.1, -0.05) is 6.07 Å². The molecule has 1 saturated heterocycles. The average Bonchev–Trinajstić information content (AvgIpc) is 2.70. The molecule has 0 bridgehead atoms. The highest BCUT2D eigenvalue weighted by molar-refractivity contribution is 5.52. The van der Waals surface area contributed by atoms with Crippen LogP contribution in [0.25, 0.3) is 0 Å². The third-order valence-corrected chi connectivity index (χ3v) is 5.26. The van der Waals surface area contributed by atoms with Crippen LogP contribution in [0.15, 0.2) is 30.3 Å². The fraction of sp³-hybridized carbons (Fsp3) is 0.400. The highest BCUT2D eigenvalue weighted by Gasteiger charge is 2.43. The maximum Gasteiger partial charge on any atom is 0.186 e. The smallest absolute Gasteiger partial charge is 0.186 e. The molecule has 0 amide bonds. The summed E-state index contributed by atoms with van der Waals surface area (Å²) in [5.41, 5.74) is 0.762. The van der Waals surface area contributed by atoms with Gasteiger partial charge >= 0.3 is 0 Å². The molecular weight excluding hydrogens is 400 g/mol. The van der Waals surface area contributed by atoms with Crippen molar-refractivity contribution >= 4 is 0 Å². The van der Waals surface area contributed by atoms with E-state index in [0.29, 0.717) is 11.1 Å². The molecule has 2 aromatic rings. The van der Waals surface area contributed by atoms with E-state index in [-0.39, 0.29) is 41.8 Å². The van der Waals surface area contributed by atoms with Gasteiger partial charge in [0.2, 0.25) is 0 Å². The molecule has 6 unspecified atom stereocenters. The maximum atomic E-state index is 10.2. The van der Waals surface area contributed by atoms with Crippen LogP contribution >= 0.6 is 0 Å². The predicted molar refractivity (Wildman–Crippen MR) is 99.2 cm³/mol. The van der Waals surface area contributed by atoms with Gasteiger partial charge in [-0.05, 0) is 17.7 Å². The van der Waals surface area contributed by atoms with Crippen molar-refractivity contribution in [1.29, 1.82) is 0 Å². The Balaban J connectivity index is 1.68. The number of ether oxygens (including phenoxy) is 3. The second-order valence-electron chi connectivity index (χ2n) is 7.36. The number of aliphatic hydroxyl groups is 3. The summed E-state index contributed by atoms with van der Waals surface area (Å²) >= 11 is 0. The minimum absolute atomic E-state index is 0.0823. The van der Waals surface area contributed by atoms with Gasteiger partial charge in [0.05, 0.1) is 6.61 Å². The van der Waals surface area contributed by atoms with Crippen molar-refractivity contribution in [3.05, 3.63) is 41.5 Å². The lowest BCUT2D eigenvalue weighted by molar-refractivity contribution is -0.290. The molecule has 7 N–H and O–H groups in total. The summed E-state index contributed by atoms with van der Waals surface area (Å²) in [6.45, 7) is -0.253. The third kappa shape index (κ3) is 3.71. The van der Waals surface area contributed by atoms with Crippen molar-refractivity contribution in [1.82, 2.24) is 0 Å². The van der Waals surface area contributed by atoms with Crippen LogP contribution in [-0.2, 0) is 15.9 Å². The van der Waals surface area contributed by atoms with Crippen LogP contribution in [0.3, 0.4) is 0 Å². The minimum Gasteiger partial charge on any atom is -0.508 e. The van der Waals surface area contributed by atoms with Crippen LogP contribution in [0.2, 0.25) is 0 Å². The summed E-state index contributed by atoms with van der Waals surface area (Å²) in [5, 5.41) is 69.2. The van der Waals surface area contributed by atoms with E-state index in [1.54, 1.807) is 0 Å². The zero-order valence-corrected chi connectivity index (χ0v) is 15.6. The molecule has 2 aliphatic rings. The SMILES string of the molecule is Oc1cc(O)c2c(c1)OC(c1ccc(O)c(O)c1)C(OC1OCC(O)C(O)C1O)C2. The van der Waals surface area contributed by atoms with Gasteiger partial charge in [-0.3, -0.25) is 0 Å². The van der Waals surface area contributed by atoms with Crippen LogP contribution in [0, 0.1) is 0 Å².